The Morgan fingerprint density at radius 2 is 1.76 bits per heavy atom. The van der Waals surface area contributed by atoms with Gasteiger partial charge in [0.05, 0.1) is 0 Å². The van der Waals surface area contributed by atoms with Gasteiger partial charge in [0.15, 0.2) is 23.1 Å². The summed E-state index contributed by atoms with van der Waals surface area (Å²) in [5.74, 6) is -0.608. The molecule has 1 amide bonds. The van der Waals surface area contributed by atoms with Gasteiger partial charge in [0.1, 0.15) is 6.10 Å². The van der Waals surface area contributed by atoms with Crippen LogP contribution in [0.1, 0.15) is 25.3 Å². The summed E-state index contributed by atoms with van der Waals surface area (Å²) < 4.78 is 38.1. The van der Waals surface area contributed by atoms with Crippen molar-refractivity contribution in [1.82, 2.24) is 10.2 Å². The van der Waals surface area contributed by atoms with Gasteiger partial charge in [-0.3, -0.25) is 9.69 Å². The van der Waals surface area contributed by atoms with Gasteiger partial charge in [-0.05, 0) is 49.6 Å². The number of nitrogens with one attached hydrogen (secondary N) is 1. The highest BCUT2D eigenvalue weighted by molar-refractivity contribution is 5.82. The molecule has 2 atom stereocenters. The molecule has 1 N–H and O–H groups in total. The van der Waals surface area contributed by atoms with E-state index in [1.165, 1.54) is 6.07 Å². The maximum atomic E-state index is 13.4. The highest BCUT2D eigenvalue weighted by Gasteiger charge is 2.35. The highest BCUT2D eigenvalue weighted by Crippen LogP contribution is 2.33. The Morgan fingerprint density at radius 1 is 1.07 bits per heavy atom. The van der Waals surface area contributed by atoms with Crippen LogP contribution in [0.5, 0.6) is 11.5 Å². The number of carbonyl (C=O) groups is 1. The van der Waals surface area contributed by atoms with Gasteiger partial charge in [0.2, 0.25) is 6.10 Å². The molecule has 154 valence electrons. The molecular formula is C22H24F2N2O3. The third-order valence-corrected chi connectivity index (χ3v) is 5.42. The number of hydrogen-bond acceptors (Lipinski definition) is 4. The van der Waals surface area contributed by atoms with Gasteiger partial charge in [-0.2, -0.15) is 0 Å². The first kappa shape index (κ1) is 19.6. The zero-order valence-electron chi connectivity index (χ0n) is 16.2. The minimum Gasteiger partial charge on any atom is -0.482 e. The van der Waals surface area contributed by atoms with E-state index in [0.29, 0.717) is 18.0 Å². The summed E-state index contributed by atoms with van der Waals surface area (Å²) in [5, 5.41) is 3.07. The second-order valence-corrected chi connectivity index (χ2v) is 7.62. The van der Waals surface area contributed by atoms with E-state index in [-0.39, 0.29) is 18.1 Å². The van der Waals surface area contributed by atoms with Crippen molar-refractivity contribution in [2.45, 2.75) is 44.6 Å². The first-order valence-corrected chi connectivity index (χ1v) is 9.88. The number of hydrogen-bond donors (Lipinski definition) is 1. The van der Waals surface area contributed by atoms with Gasteiger partial charge >= 0.3 is 0 Å². The third kappa shape index (κ3) is 4.50. The highest BCUT2D eigenvalue weighted by atomic mass is 19.2. The summed E-state index contributed by atoms with van der Waals surface area (Å²) in [7, 11) is 0. The Morgan fingerprint density at radius 3 is 2.45 bits per heavy atom. The lowest BCUT2D eigenvalue weighted by atomic mass is 10.0. The molecule has 2 aliphatic heterocycles. The molecule has 2 aromatic carbocycles. The van der Waals surface area contributed by atoms with Crippen LogP contribution in [-0.4, -0.2) is 42.1 Å². The third-order valence-electron chi connectivity index (χ3n) is 5.42. The van der Waals surface area contributed by atoms with Crippen LogP contribution in [0.4, 0.5) is 8.78 Å². The summed E-state index contributed by atoms with van der Waals surface area (Å²) in [4.78, 5) is 14.9. The Balaban J connectivity index is 1.28. The smallest absolute Gasteiger partial charge is 0.265 e. The van der Waals surface area contributed by atoms with Gasteiger partial charge < -0.3 is 14.8 Å². The molecule has 0 radical (unpaired) electrons. The van der Waals surface area contributed by atoms with Gasteiger partial charge in [0.25, 0.3) is 5.91 Å². The number of amides is 1. The molecule has 29 heavy (non-hydrogen) atoms. The monoisotopic (exact) mass is 402 g/mol. The normalized spacial score (nSPS) is 22.3. The Bertz CT molecular complexity index is 884. The van der Waals surface area contributed by atoms with Crippen molar-refractivity contribution < 1.29 is 23.0 Å². The molecule has 0 bridgehead atoms. The molecule has 2 aliphatic rings. The summed E-state index contributed by atoms with van der Waals surface area (Å²) in [6.45, 7) is 3.92. The van der Waals surface area contributed by atoms with Crippen molar-refractivity contribution in [3.05, 3.63) is 59.7 Å². The molecule has 0 saturated carbocycles. The predicted octanol–water partition coefficient (Wildman–Crippen LogP) is 3.27. The maximum Gasteiger partial charge on any atom is 0.265 e. The van der Waals surface area contributed by atoms with E-state index in [1.54, 1.807) is 12.1 Å². The molecule has 0 aromatic heterocycles. The number of rotatable bonds is 4. The van der Waals surface area contributed by atoms with E-state index in [9.17, 15) is 13.6 Å². The summed E-state index contributed by atoms with van der Waals surface area (Å²) in [6.07, 6.45) is 0.505. The maximum absolute atomic E-state index is 13.4. The Hall–Kier alpha value is -2.67. The molecule has 1 saturated heterocycles. The van der Waals surface area contributed by atoms with Crippen LogP contribution >= 0.6 is 0 Å². The van der Waals surface area contributed by atoms with Crippen molar-refractivity contribution in [2.75, 3.05) is 13.1 Å². The quantitative estimate of drug-likeness (QED) is 0.853. The molecule has 4 rings (SSSR count). The van der Waals surface area contributed by atoms with Gasteiger partial charge in [-0.1, -0.05) is 18.2 Å². The lowest BCUT2D eigenvalue weighted by molar-refractivity contribution is -0.134. The number of nitrogens with zero attached hydrogens (tertiary/aromatic N) is 1. The second-order valence-electron chi connectivity index (χ2n) is 7.62. The second kappa shape index (κ2) is 8.37. The summed E-state index contributed by atoms with van der Waals surface area (Å²) in [5.41, 5.74) is 0.742. The average Bonchev–Trinajstić information content (AvgIpc) is 2.71. The molecule has 2 unspecified atom stereocenters. The number of benzene rings is 2. The zero-order chi connectivity index (χ0) is 20.4. The number of ether oxygens (including phenoxy) is 2. The van der Waals surface area contributed by atoms with Crippen molar-refractivity contribution in [2.24, 2.45) is 0 Å². The van der Waals surface area contributed by atoms with E-state index in [4.69, 9.17) is 9.47 Å². The van der Waals surface area contributed by atoms with E-state index in [1.807, 2.05) is 25.1 Å². The zero-order valence-corrected chi connectivity index (χ0v) is 16.2. The predicted molar refractivity (Wildman–Crippen MR) is 104 cm³/mol. The topological polar surface area (TPSA) is 50.8 Å². The van der Waals surface area contributed by atoms with Gasteiger partial charge in [-0.15, -0.1) is 0 Å². The minimum atomic E-state index is -0.832. The van der Waals surface area contributed by atoms with Gasteiger partial charge in [0, 0.05) is 25.7 Å². The molecule has 2 heterocycles. The van der Waals surface area contributed by atoms with Crippen molar-refractivity contribution in [1.29, 1.82) is 0 Å². The van der Waals surface area contributed by atoms with Crippen LogP contribution in [0.25, 0.3) is 0 Å². The standard InChI is InChI=1S/C22H24F2N2O3/c1-14-21(29-20-5-3-2-4-19(20)28-14)22(27)25-16-8-10-26(11-9-16)13-15-6-7-17(23)18(24)12-15/h2-7,12,14,16,21H,8-11,13H2,1H3,(H,25,27). The van der Waals surface area contributed by atoms with E-state index in [2.05, 4.69) is 10.2 Å². The first-order chi connectivity index (χ1) is 14.0. The van der Waals surface area contributed by atoms with Crippen LogP contribution in [-0.2, 0) is 11.3 Å². The molecule has 0 spiro atoms. The molecular weight excluding hydrogens is 378 g/mol. The number of fused-ring (bicyclic) bond motifs is 1. The van der Waals surface area contributed by atoms with E-state index < -0.39 is 17.7 Å². The Labute approximate surface area is 168 Å². The van der Waals surface area contributed by atoms with E-state index >= 15 is 0 Å². The Kier molecular flexibility index (Phi) is 5.67. The van der Waals surface area contributed by atoms with Crippen LogP contribution in [0, 0.1) is 11.6 Å². The fourth-order valence-corrected chi connectivity index (χ4v) is 3.82. The molecule has 1 fully saturated rings. The van der Waals surface area contributed by atoms with Crippen LogP contribution in [0.3, 0.4) is 0 Å². The number of likely N-dealkylation sites (tertiary alicyclic amines) is 1. The average molecular weight is 402 g/mol. The molecule has 0 aliphatic carbocycles. The van der Waals surface area contributed by atoms with Crippen molar-refractivity contribution in [3.8, 4) is 11.5 Å². The van der Waals surface area contributed by atoms with Crippen LogP contribution in [0.2, 0.25) is 0 Å². The number of halogens is 2. The molecule has 2 aromatic rings. The van der Waals surface area contributed by atoms with E-state index in [0.717, 1.165) is 37.6 Å². The summed E-state index contributed by atoms with van der Waals surface area (Å²) in [6, 6.07) is 11.4. The fraction of sp³-hybridized carbons (Fsp3) is 0.409. The largest absolute Gasteiger partial charge is 0.482 e. The lowest BCUT2D eigenvalue weighted by Crippen LogP contribution is -2.53. The van der Waals surface area contributed by atoms with Crippen LogP contribution < -0.4 is 14.8 Å². The fourth-order valence-electron chi connectivity index (χ4n) is 3.82. The van der Waals surface area contributed by atoms with Crippen molar-refractivity contribution in [3.63, 3.8) is 0 Å². The molecule has 5 nitrogen and oxygen atoms in total. The minimum absolute atomic E-state index is 0.0525. The summed E-state index contributed by atoms with van der Waals surface area (Å²) >= 11 is 0. The first-order valence-electron chi connectivity index (χ1n) is 9.88. The lowest BCUT2D eigenvalue weighted by Gasteiger charge is -2.35. The van der Waals surface area contributed by atoms with Crippen LogP contribution in [0.15, 0.2) is 42.5 Å². The number of para-hydroxylation sites is 2. The number of carbonyl (C=O) groups excluding carboxylic acids is 1. The number of piperidine rings is 1. The van der Waals surface area contributed by atoms with Gasteiger partial charge in [-0.25, -0.2) is 8.78 Å². The molecule has 7 heteroatoms. The van der Waals surface area contributed by atoms with Crippen molar-refractivity contribution >= 4 is 5.91 Å². The SMILES string of the molecule is CC1Oc2ccccc2OC1C(=O)NC1CCN(Cc2ccc(F)c(F)c2)CC1.